The van der Waals surface area contributed by atoms with Crippen molar-refractivity contribution in [2.24, 2.45) is 0 Å². The van der Waals surface area contributed by atoms with Crippen molar-refractivity contribution in [1.29, 1.82) is 0 Å². The van der Waals surface area contributed by atoms with Crippen LogP contribution in [0, 0.1) is 6.92 Å². The van der Waals surface area contributed by atoms with Gasteiger partial charge in [-0.15, -0.1) is 0 Å². The Morgan fingerprint density at radius 3 is 2.57 bits per heavy atom. The van der Waals surface area contributed by atoms with Gasteiger partial charge in [0.2, 0.25) is 0 Å². The first-order valence-electron chi connectivity index (χ1n) is 7.47. The number of fused-ring (bicyclic) bond motifs is 2. The molecule has 1 fully saturated rings. The first-order chi connectivity index (χ1) is 9.86. The average molecular weight is 295 g/mol. The van der Waals surface area contributed by atoms with E-state index in [0.717, 1.165) is 24.0 Å². The highest BCUT2D eigenvalue weighted by atomic mass is 19.4. The lowest BCUT2D eigenvalue weighted by Crippen LogP contribution is -2.45. The van der Waals surface area contributed by atoms with E-state index in [4.69, 9.17) is 0 Å². The predicted molar refractivity (Wildman–Crippen MR) is 78.0 cm³/mol. The monoisotopic (exact) mass is 295 g/mol. The molecular formula is C17H20F3N. The van der Waals surface area contributed by atoms with Gasteiger partial charge >= 0.3 is 6.18 Å². The first-order valence-corrected chi connectivity index (χ1v) is 7.47. The molecule has 1 aromatic carbocycles. The molecule has 4 heteroatoms. The Balaban J connectivity index is 1.94. The van der Waals surface area contributed by atoms with Crippen LogP contribution in [0.15, 0.2) is 24.3 Å². The molecule has 2 bridgehead atoms. The van der Waals surface area contributed by atoms with E-state index in [1.54, 1.807) is 13.0 Å². The molecule has 0 amide bonds. The molecule has 1 aromatic rings. The molecule has 1 saturated heterocycles. The van der Waals surface area contributed by atoms with Crippen LogP contribution in [-0.2, 0) is 6.18 Å². The Morgan fingerprint density at radius 1 is 1.19 bits per heavy atom. The van der Waals surface area contributed by atoms with Crippen LogP contribution in [0.5, 0.6) is 0 Å². The highest BCUT2D eigenvalue weighted by Crippen LogP contribution is 2.38. The van der Waals surface area contributed by atoms with Gasteiger partial charge in [0.05, 0.1) is 5.56 Å². The number of halogens is 3. The Kier molecular flexibility index (Phi) is 3.60. The summed E-state index contributed by atoms with van der Waals surface area (Å²) < 4.78 is 38.3. The number of likely N-dealkylation sites (N-methyl/N-ethyl adjacent to an activating group) is 1. The highest BCUT2D eigenvalue weighted by Gasteiger charge is 2.33. The summed E-state index contributed by atoms with van der Waals surface area (Å²) in [6, 6.07) is 5.09. The zero-order chi connectivity index (χ0) is 15.2. The van der Waals surface area contributed by atoms with Gasteiger partial charge < -0.3 is 0 Å². The molecule has 0 aromatic heterocycles. The molecule has 0 spiro atoms. The average Bonchev–Trinajstić information content (AvgIpc) is 2.37. The molecule has 2 aliphatic rings. The molecule has 0 saturated carbocycles. The van der Waals surface area contributed by atoms with Crippen molar-refractivity contribution in [3.05, 3.63) is 41.0 Å². The van der Waals surface area contributed by atoms with Crippen LogP contribution in [-0.4, -0.2) is 24.0 Å². The van der Waals surface area contributed by atoms with Crippen molar-refractivity contribution in [2.75, 3.05) is 7.05 Å². The third-order valence-electron chi connectivity index (χ3n) is 4.89. The van der Waals surface area contributed by atoms with Gasteiger partial charge in [-0.05, 0) is 62.1 Å². The molecule has 114 valence electrons. The van der Waals surface area contributed by atoms with E-state index < -0.39 is 11.7 Å². The number of aryl methyl sites for hydroxylation is 1. The van der Waals surface area contributed by atoms with Crippen molar-refractivity contribution in [3.63, 3.8) is 0 Å². The molecule has 0 aliphatic carbocycles. The molecule has 3 rings (SSSR count). The fourth-order valence-corrected chi connectivity index (χ4v) is 3.64. The maximum atomic E-state index is 12.8. The quantitative estimate of drug-likeness (QED) is 0.728. The molecule has 2 heterocycles. The third kappa shape index (κ3) is 2.73. The second-order valence-electron chi connectivity index (χ2n) is 6.24. The zero-order valence-corrected chi connectivity index (χ0v) is 12.4. The van der Waals surface area contributed by atoms with Crippen LogP contribution in [0.1, 0.15) is 42.4 Å². The fourth-order valence-electron chi connectivity index (χ4n) is 3.64. The molecule has 0 radical (unpaired) electrons. The van der Waals surface area contributed by atoms with E-state index in [1.807, 2.05) is 0 Å². The number of rotatable bonds is 1. The molecule has 1 nitrogen and oxygen atoms in total. The second-order valence-corrected chi connectivity index (χ2v) is 6.24. The second kappa shape index (κ2) is 5.16. The van der Waals surface area contributed by atoms with Gasteiger partial charge in [-0.1, -0.05) is 18.6 Å². The lowest BCUT2D eigenvalue weighted by molar-refractivity contribution is -0.137. The smallest absolute Gasteiger partial charge is 0.297 e. The fraction of sp³-hybridized carbons (Fsp3) is 0.529. The summed E-state index contributed by atoms with van der Waals surface area (Å²) >= 11 is 0. The molecule has 2 aliphatic heterocycles. The zero-order valence-electron chi connectivity index (χ0n) is 12.4. The number of hydrogen-bond donors (Lipinski definition) is 0. The van der Waals surface area contributed by atoms with Crippen LogP contribution in [0.4, 0.5) is 13.2 Å². The van der Waals surface area contributed by atoms with E-state index in [-0.39, 0.29) is 0 Å². The Labute approximate surface area is 123 Å². The minimum absolute atomic E-state index is 0.439. The van der Waals surface area contributed by atoms with E-state index in [9.17, 15) is 13.2 Å². The number of piperidine rings is 1. The van der Waals surface area contributed by atoms with Crippen molar-refractivity contribution in [2.45, 2.75) is 50.9 Å². The molecular weight excluding hydrogens is 275 g/mol. The summed E-state index contributed by atoms with van der Waals surface area (Å²) in [6.07, 6.45) is 2.51. The van der Waals surface area contributed by atoms with Crippen LogP contribution >= 0.6 is 0 Å². The normalized spacial score (nSPS) is 26.6. The largest absolute Gasteiger partial charge is 0.416 e. The van der Waals surface area contributed by atoms with Gasteiger partial charge in [0.15, 0.2) is 0 Å². The van der Waals surface area contributed by atoms with Crippen molar-refractivity contribution < 1.29 is 13.2 Å². The molecule has 21 heavy (non-hydrogen) atoms. The minimum atomic E-state index is -4.26. The van der Waals surface area contributed by atoms with E-state index >= 15 is 0 Å². The first kappa shape index (κ1) is 14.6. The van der Waals surface area contributed by atoms with Gasteiger partial charge in [0.25, 0.3) is 0 Å². The maximum absolute atomic E-state index is 12.8. The Bertz CT molecular complexity index is 574. The van der Waals surface area contributed by atoms with Crippen molar-refractivity contribution in [1.82, 2.24) is 4.90 Å². The van der Waals surface area contributed by atoms with Gasteiger partial charge in [0, 0.05) is 12.1 Å². The topological polar surface area (TPSA) is 3.24 Å². The number of hydrogen-bond acceptors (Lipinski definition) is 1. The van der Waals surface area contributed by atoms with Crippen LogP contribution in [0.2, 0.25) is 0 Å². The lowest BCUT2D eigenvalue weighted by Gasteiger charge is -2.43. The summed E-state index contributed by atoms with van der Waals surface area (Å²) in [7, 11) is 2.15. The number of nitrogens with zero attached hydrogens (tertiary/aromatic N) is 1. The van der Waals surface area contributed by atoms with Crippen LogP contribution in [0.25, 0.3) is 5.57 Å². The Morgan fingerprint density at radius 2 is 1.95 bits per heavy atom. The van der Waals surface area contributed by atoms with E-state index in [1.165, 1.54) is 30.5 Å². The van der Waals surface area contributed by atoms with Crippen LogP contribution in [0.3, 0.4) is 0 Å². The SMILES string of the molecule is Cc1cc(C(F)(F)F)ccc1C1=CC2CCCC(C1)N2C. The summed E-state index contributed by atoms with van der Waals surface area (Å²) in [5, 5.41) is 0. The van der Waals surface area contributed by atoms with Gasteiger partial charge in [-0.3, -0.25) is 4.90 Å². The summed E-state index contributed by atoms with van der Waals surface area (Å²) in [4.78, 5) is 2.41. The molecule has 2 unspecified atom stereocenters. The van der Waals surface area contributed by atoms with Gasteiger partial charge in [-0.25, -0.2) is 0 Å². The standard InChI is InChI=1S/C17H20F3N/c1-11-8-13(17(18,19)20)6-7-16(11)12-9-14-4-3-5-15(10-12)21(14)2/h6-9,14-15H,3-5,10H2,1-2H3. The van der Waals surface area contributed by atoms with Gasteiger partial charge in [-0.2, -0.15) is 13.2 Å². The highest BCUT2D eigenvalue weighted by molar-refractivity contribution is 5.70. The summed E-state index contributed by atoms with van der Waals surface area (Å²) in [5.41, 5.74) is 2.36. The molecule has 0 N–H and O–H groups in total. The van der Waals surface area contributed by atoms with Crippen molar-refractivity contribution >= 4 is 5.57 Å². The summed E-state index contributed by atoms with van der Waals surface area (Å²) in [5.74, 6) is 0. The third-order valence-corrected chi connectivity index (χ3v) is 4.89. The van der Waals surface area contributed by atoms with E-state index in [2.05, 4.69) is 18.0 Å². The lowest BCUT2D eigenvalue weighted by atomic mass is 9.82. The Hall–Kier alpha value is -1.29. The van der Waals surface area contributed by atoms with Gasteiger partial charge in [0.1, 0.15) is 0 Å². The number of alkyl halides is 3. The van der Waals surface area contributed by atoms with E-state index in [0.29, 0.717) is 12.1 Å². The number of benzene rings is 1. The van der Waals surface area contributed by atoms with Crippen LogP contribution < -0.4 is 0 Å². The predicted octanol–water partition coefficient (Wildman–Crippen LogP) is 4.65. The van der Waals surface area contributed by atoms with Crippen molar-refractivity contribution in [3.8, 4) is 0 Å². The minimum Gasteiger partial charge on any atom is -0.297 e. The summed E-state index contributed by atoms with van der Waals surface area (Å²) in [6.45, 7) is 1.78. The maximum Gasteiger partial charge on any atom is 0.416 e. The molecule has 2 atom stereocenters.